The van der Waals surface area contributed by atoms with Gasteiger partial charge in [0.15, 0.2) is 0 Å². The lowest BCUT2D eigenvalue weighted by Crippen LogP contribution is -2.24. The molecule has 1 amide bonds. The SMILES string of the molecule is CC(C)CCCCNC(=O)c1ccc(C(=O)O)cc1. The van der Waals surface area contributed by atoms with Crippen LogP contribution in [0, 0.1) is 5.92 Å². The van der Waals surface area contributed by atoms with Crippen molar-refractivity contribution in [2.75, 3.05) is 6.54 Å². The summed E-state index contributed by atoms with van der Waals surface area (Å²) in [4.78, 5) is 22.4. The predicted octanol–water partition coefficient (Wildman–Crippen LogP) is 2.94. The van der Waals surface area contributed by atoms with Crippen LogP contribution in [0.2, 0.25) is 0 Å². The minimum absolute atomic E-state index is 0.151. The average molecular weight is 263 g/mol. The molecule has 2 N–H and O–H groups in total. The first-order valence-electron chi connectivity index (χ1n) is 6.62. The minimum atomic E-state index is -0.986. The molecule has 1 rings (SSSR count). The van der Waals surface area contributed by atoms with E-state index in [1.54, 1.807) is 0 Å². The van der Waals surface area contributed by atoms with Crippen molar-refractivity contribution in [3.63, 3.8) is 0 Å². The highest BCUT2D eigenvalue weighted by molar-refractivity contribution is 5.95. The van der Waals surface area contributed by atoms with E-state index in [0.29, 0.717) is 18.0 Å². The fraction of sp³-hybridized carbons (Fsp3) is 0.467. The maximum Gasteiger partial charge on any atom is 0.335 e. The van der Waals surface area contributed by atoms with Crippen LogP contribution in [0.1, 0.15) is 53.8 Å². The van der Waals surface area contributed by atoms with Gasteiger partial charge in [-0.15, -0.1) is 0 Å². The number of benzene rings is 1. The van der Waals surface area contributed by atoms with Crippen molar-refractivity contribution in [2.45, 2.75) is 33.1 Å². The third-order valence-corrected chi connectivity index (χ3v) is 2.89. The molecule has 0 radical (unpaired) electrons. The Balaban J connectivity index is 2.35. The van der Waals surface area contributed by atoms with Crippen LogP contribution in [0.15, 0.2) is 24.3 Å². The summed E-state index contributed by atoms with van der Waals surface area (Å²) >= 11 is 0. The summed E-state index contributed by atoms with van der Waals surface area (Å²) < 4.78 is 0. The molecule has 1 aromatic rings. The Morgan fingerprint density at radius 1 is 1.11 bits per heavy atom. The fourth-order valence-electron chi connectivity index (χ4n) is 1.75. The van der Waals surface area contributed by atoms with E-state index in [1.807, 2.05) is 0 Å². The van der Waals surface area contributed by atoms with Crippen molar-refractivity contribution in [3.05, 3.63) is 35.4 Å². The minimum Gasteiger partial charge on any atom is -0.478 e. The number of aromatic carboxylic acids is 1. The van der Waals surface area contributed by atoms with E-state index in [1.165, 1.54) is 30.7 Å². The quantitative estimate of drug-likeness (QED) is 0.743. The van der Waals surface area contributed by atoms with Crippen molar-refractivity contribution in [1.82, 2.24) is 5.32 Å². The van der Waals surface area contributed by atoms with Crippen LogP contribution < -0.4 is 5.32 Å². The molecule has 0 atom stereocenters. The summed E-state index contributed by atoms with van der Waals surface area (Å²) in [6, 6.07) is 5.95. The molecule has 19 heavy (non-hydrogen) atoms. The van der Waals surface area contributed by atoms with Gasteiger partial charge in [0.25, 0.3) is 5.91 Å². The molecule has 0 saturated carbocycles. The molecule has 4 nitrogen and oxygen atoms in total. The van der Waals surface area contributed by atoms with E-state index >= 15 is 0 Å². The second-order valence-electron chi connectivity index (χ2n) is 5.03. The number of amides is 1. The molecular formula is C15H21NO3. The number of carbonyl (C=O) groups is 2. The summed E-state index contributed by atoms with van der Waals surface area (Å²) in [6.45, 7) is 5.03. The van der Waals surface area contributed by atoms with Gasteiger partial charge in [-0.05, 0) is 36.6 Å². The van der Waals surface area contributed by atoms with Gasteiger partial charge >= 0.3 is 5.97 Å². The topological polar surface area (TPSA) is 66.4 Å². The number of hydrogen-bond acceptors (Lipinski definition) is 2. The molecular weight excluding hydrogens is 242 g/mol. The van der Waals surface area contributed by atoms with Crippen molar-refractivity contribution < 1.29 is 14.7 Å². The van der Waals surface area contributed by atoms with Gasteiger partial charge in [0.1, 0.15) is 0 Å². The predicted molar refractivity (Wildman–Crippen MR) is 74.4 cm³/mol. The summed E-state index contributed by atoms with van der Waals surface area (Å²) in [5, 5.41) is 11.6. The van der Waals surface area contributed by atoms with Crippen molar-refractivity contribution >= 4 is 11.9 Å². The molecule has 0 unspecified atom stereocenters. The molecule has 1 aromatic carbocycles. The Kier molecular flexibility index (Phi) is 6.06. The number of carbonyl (C=O) groups excluding carboxylic acids is 1. The monoisotopic (exact) mass is 263 g/mol. The number of carboxylic acids is 1. The fourth-order valence-corrected chi connectivity index (χ4v) is 1.75. The second-order valence-corrected chi connectivity index (χ2v) is 5.03. The summed E-state index contributed by atoms with van der Waals surface area (Å²) in [6.07, 6.45) is 3.25. The third kappa shape index (κ3) is 5.55. The van der Waals surface area contributed by atoms with E-state index in [4.69, 9.17) is 5.11 Å². The normalized spacial score (nSPS) is 10.5. The Hall–Kier alpha value is -1.84. The van der Waals surface area contributed by atoms with Crippen molar-refractivity contribution in [2.24, 2.45) is 5.92 Å². The smallest absolute Gasteiger partial charge is 0.335 e. The maximum atomic E-state index is 11.8. The summed E-state index contributed by atoms with van der Waals surface area (Å²) in [5.74, 6) is -0.443. The zero-order chi connectivity index (χ0) is 14.3. The largest absolute Gasteiger partial charge is 0.478 e. The van der Waals surface area contributed by atoms with E-state index in [9.17, 15) is 9.59 Å². The first kappa shape index (κ1) is 15.2. The molecule has 0 aliphatic carbocycles. The lowest BCUT2D eigenvalue weighted by Gasteiger charge is -2.06. The Labute approximate surface area is 113 Å². The zero-order valence-electron chi connectivity index (χ0n) is 11.5. The van der Waals surface area contributed by atoms with Gasteiger partial charge in [-0.3, -0.25) is 4.79 Å². The number of nitrogens with one attached hydrogen (secondary N) is 1. The second kappa shape index (κ2) is 7.56. The molecule has 0 aromatic heterocycles. The van der Waals surface area contributed by atoms with E-state index < -0.39 is 5.97 Å². The number of unbranched alkanes of at least 4 members (excludes halogenated alkanes) is 1. The standard InChI is InChI=1S/C15H21NO3/c1-11(2)5-3-4-10-16-14(17)12-6-8-13(9-7-12)15(18)19/h6-9,11H,3-5,10H2,1-2H3,(H,16,17)(H,18,19). The number of hydrogen-bond donors (Lipinski definition) is 2. The Bertz CT molecular complexity index is 424. The van der Waals surface area contributed by atoms with Crippen LogP contribution in [-0.4, -0.2) is 23.5 Å². The number of carboxylic acid groups (broad SMARTS) is 1. The van der Waals surface area contributed by atoms with Crippen LogP contribution in [0.5, 0.6) is 0 Å². The molecule has 0 aliphatic rings. The first-order chi connectivity index (χ1) is 9.00. The molecule has 0 bridgehead atoms. The molecule has 0 fully saturated rings. The average Bonchev–Trinajstić information content (AvgIpc) is 2.37. The molecule has 0 heterocycles. The van der Waals surface area contributed by atoms with Crippen LogP contribution >= 0.6 is 0 Å². The zero-order valence-corrected chi connectivity index (χ0v) is 11.5. The summed E-state index contributed by atoms with van der Waals surface area (Å²) in [5.41, 5.74) is 0.683. The van der Waals surface area contributed by atoms with Crippen molar-refractivity contribution in [3.8, 4) is 0 Å². The highest BCUT2D eigenvalue weighted by Crippen LogP contribution is 2.06. The van der Waals surface area contributed by atoms with Gasteiger partial charge in [-0.1, -0.05) is 26.7 Å². The lowest BCUT2D eigenvalue weighted by atomic mass is 10.1. The Morgan fingerprint density at radius 3 is 2.21 bits per heavy atom. The van der Waals surface area contributed by atoms with Crippen LogP contribution in [0.4, 0.5) is 0 Å². The van der Waals surface area contributed by atoms with Gasteiger partial charge in [0.05, 0.1) is 5.56 Å². The van der Waals surface area contributed by atoms with Gasteiger partial charge in [-0.25, -0.2) is 4.79 Å². The van der Waals surface area contributed by atoms with Gasteiger partial charge in [0.2, 0.25) is 0 Å². The van der Waals surface area contributed by atoms with E-state index in [0.717, 1.165) is 12.8 Å². The van der Waals surface area contributed by atoms with Crippen molar-refractivity contribution in [1.29, 1.82) is 0 Å². The number of rotatable bonds is 7. The van der Waals surface area contributed by atoms with Crippen LogP contribution in [0.3, 0.4) is 0 Å². The first-order valence-corrected chi connectivity index (χ1v) is 6.62. The molecule has 4 heteroatoms. The molecule has 0 saturated heterocycles. The van der Waals surface area contributed by atoms with Gasteiger partial charge in [-0.2, -0.15) is 0 Å². The van der Waals surface area contributed by atoms with E-state index in [-0.39, 0.29) is 11.5 Å². The molecule has 0 spiro atoms. The van der Waals surface area contributed by atoms with E-state index in [2.05, 4.69) is 19.2 Å². The third-order valence-electron chi connectivity index (χ3n) is 2.89. The van der Waals surface area contributed by atoms with Crippen LogP contribution in [0.25, 0.3) is 0 Å². The van der Waals surface area contributed by atoms with Gasteiger partial charge in [0, 0.05) is 12.1 Å². The summed E-state index contributed by atoms with van der Waals surface area (Å²) in [7, 11) is 0. The maximum absolute atomic E-state index is 11.8. The van der Waals surface area contributed by atoms with Gasteiger partial charge < -0.3 is 10.4 Å². The molecule has 0 aliphatic heterocycles. The Morgan fingerprint density at radius 2 is 1.68 bits per heavy atom. The highest BCUT2D eigenvalue weighted by atomic mass is 16.4. The molecule has 104 valence electrons. The lowest BCUT2D eigenvalue weighted by molar-refractivity contribution is 0.0696. The highest BCUT2D eigenvalue weighted by Gasteiger charge is 2.07. The van der Waals surface area contributed by atoms with Crippen LogP contribution in [-0.2, 0) is 0 Å².